The molecule has 8 heteroatoms. The van der Waals surface area contributed by atoms with Crippen molar-refractivity contribution in [3.8, 4) is 0 Å². The third-order valence-electron chi connectivity index (χ3n) is 7.68. The number of nitrogens with one attached hydrogen (secondary N) is 2. The summed E-state index contributed by atoms with van der Waals surface area (Å²) in [7, 11) is 0. The number of aryl methyl sites for hydroxylation is 1. The molecule has 4 amide bonds. The Balaban J connectivity index is 1.31. The van der Waals surface area contributed by atoms with Gasteiger partial charge in [0.15, 0.2) is 0 Å². The van der Waals surface area contributed by atoms with Crippen molar-refractivity contribution in [2.24, 2.45) is 5.41 Å². The molecule has 1 spiro atoms. The fourth-order valence-electron chi connectivity index (χ4n) is 5.86. The summed E-state index contributed by atoms with van der Waals surface area (Å²) in [4.78, 5) is 44.5. The van der Waals surface area contributed by atoms with Crippen molar-refractivity contribution in [1.29, 1.82) is 0 Å². The van der Waals surface area contributed by atoms with Crippen LogP contribution in [0.5, 0.6) is 0 Å². The number of carbonyl (C=O) groups is 3. The summed E-state index contributed by atoms with van der Waals surface area (Å²) < 4.78 is 0. The van der Waals surface area contributed by atoms with Crippen molar-refractivity contribution in [1.82, 2.24) is 10.2 Å². The van der Waals surface area contributed by atoms with Crippen LogP contribution in [0.25, 0.3) is 0 Å². The zero-order valence-electron chi connectivity index (χ0n) is 20.8. The Morgan fingerprint density at radius 3 is 2.64 bits per heavy atom. The number of carbonyl (C=O) groups excluding carboxylic acids is 3. The van der Waals surface area contributed by atoms with Crippen LogP contribution in [0.2, 0.25) is 0 Å². The molecular weight excluding hydrogens is 472 g/mol. The highest BCUT2D eigenvalue weighted by molar-refractivity contribution is 7.99. The van der Waals surface area contributed by atoms with Crippen LogP contribution in [0, 0.1) is 12.3 Å². The average Bonchev–Trinajstić information content (AvgIpc) is 3.27. The SMILES string of the molecule is Cc1cccc(NC(=O)NC2CSc3ccccc3N(CC(=O)N3CCCC4(CCCC4)C3)C2=O)c1. The van der Waals surface area contributed by atoms with Gasteiger partial charge in [-0.25, -0.2) is 4.79 Å². The lowest BCUT2D eigenvalue weighted by atomic mass is 9.78. The molecule has 36 heavy (non-hydrogen) atoms. The second-order valence-corrected chi connectivity index (χ2v) is 11.4. The minimum Gasteiger partial charge on any atom is -0.341 e. The van der Waals surface area contributed by atoms with Crippen molar-refractivity contribution >= 4 is 41.0 Å². The average molecular weight is 507 g/mol. The summed E-state index contributed by atoms with van der Waals surface area (Å²) in [5, 5.41) is 5.67. The molecule has 5 rings (SSSR count). The summed E-state index contributed by atoms with van der Waals surface area (Å²) in [6, 6.07) is 14.0. The highest BCUT2D eigenvalue weighted by atomic mass is 32.2. The number of piperidine rings is 1. The second-order valence-electron chi connectivity index (χ2n) is 10.3. The van der Waals surface area contributed by atoms with E-state index < -0.39 is 12.1 Å². The van der Waals surface area contributed by atoms with E-state index in [4.69, 9.17) is 0 Å². The maximum absolute atomic E-state index is 13.7. The number of likely N-dealkylation sites (tertiary alicyclic amines) is 1. The Labute approximate surface area is 217 Å². The molecule has 1 aliphatic carbocycles. The zero-order valence-corrected chi connectivity index (χ0v) is 21.6. The highest BCUT2D eigenvalue weighted by Crippen LogP contribution is 2.45. The molecular formula is C28H34N4O3S. The van der Waals surface area contributed by atoms with E-state index >= 15 is 0 Å². The van der Waals surface area contributed by atoms with Crippen LogP contribution in [-0.2, 0) is 9.59 Å². The van der Waals surface area contributed by atoms with Crippen molar-refractivity contribution in [2.45, 2.75) is 56.4 Å². The molecule has 7 nitrogen and oxygen atoms in total. The first kappa shape index (κ1) is 24.7. The Morgan fingerprint density at radius 1 is 1.06 bits per heavy atom. The number of nitrogens with zero attached hydrogens (tertiary/aromatic N) is 2. The number of hydrogen-bond donors (Lipinski definition) is 2. The van der Waals surface area contributed by atoms with Gasteiger partial charge < -0.3 is 20.4 Å². The van der Waals surface area contributed by atoms with Gasteiger partial charge in [0, 0.05) is 29.4 Å². The Bertz CT molecular complexity index is 1150. The molecule has 3 aliphatic rings. The van der Waals surface area contributed by atoms with E-state index in [1.54, 1.807) is 4.90 Å². The maximum Gasteiger partial charge on any atom is 0.319 e. The van der Waals surface area contributed by atoms with E-state index in [2.05, 4.69) is 10.6 Å². The lowest BCUT2D eigenvalue weighted by molar-refractivity contribution is -0.134. The number of hydrogen-bond acceptors (Lipinski definition) is 4. The molecule has 1 saturated heterocycles. The lowest BCUT2D eigenvalue weighted by Gasteiger charge is -2.41. The van der Waals surface area contributed by atoms with Crippen molar-refractivity contribution < 1.29 is 14.4 Å². The molecule has 2 aromatic rings. The van der Waals surface area contributed by atoms with Crippen LogP contribution < -0.4 is 15.5 Å². The number of benzene rings is 2. The Hall–Kier alpha value is -3.00. The first-order chi connectivity index (χ1) is 17.4. The molecule has 1 unspecified atom stereocenters. The fraction of sp³-hybridized carbons (Fsp3) is 0.464. The fourth-order valence-corrected chi connectivity index (χ4v) is 6.93. The molecule has 190 valence electrons. The number of fused-ring (bicyclic) bond motifs is 1. The van der Waals surface area contributed by atoms with E-state index in [-0.39, 0.29) is 23.8 Å². The van der Waals surface area contributed by atoms with Gasteiger partial charge in [-0.3, -0.25) is 9.59 Å². The van der Waals surface area contributed by atoms with Gasteiger partial charge in [0.1, 0.15) is 12.6 Å². The quantitative estimate of drug-likeness (QED) is 0.624. The van der Waals surface area contributed by atoms with Crippen LogP contribution in [0.15, 0.2) is 53.4 Å². The molecule has 2 aromatic carbocycles. The predicted molar refractivity (Wildman–Crippen MR) is 143 cm³/mol. The summed E-state index contributed by atoms with van der Waals surface area (Å²) in [5.74, 6) is 0.126. The first-order valence-electron chi connectivity index (χ1n) is 12.9. The number of urea groups is 1. The molecule has 1 atom stereocenters. The van der Waals surface area contributed by atoms with Crippen LogP contribution >= 0.6 is 11.8 Å². The topological polar surface area (TPSA) is 81.8 Å². The van der Waals surface area contributed by atoms with Gasteiger partial charge in [-0.05, 0) is 67.9 Å². The maximum atomic E-state index is 13.7. The first-order valence-corrected chi connectivity index (χ1v) is 13.9. The predicted octanol–water partition coefficient (Wildman–Crippen LogP) is 4.81. The van der Waals surface area contributed by atoms with Gasteiger partial charge >= 0.3 is 6.03 Å². The lowest BCUT2D eigenvalue weighted by Crippen LogP contribution is -2.54. The Morgan fingerprint density at radius 2 is 1.83 bits per heavy atom. The number of thioether (sulfide) groups is 1. The second kappa shape index (κ2) is 10.5. The normalized spacial score (nSPS) is 21.1. The molecule has 0 bridgehead atoms. The Kier molecular flexibility index (Phi) is 7.23. The number of amides is 4. The number of rotatable bonds is 4. The molecule has 2 aliphatic heterocycles. The highest BCUT2D eigenvalue weighted by Gasteiger charge is 2.40. The third kappa shape index (κ3) is 5.38. The molecule has 2 N–H and O–H groups in total. The van der Waals surface area contributed by atoms with Gasteiger partial charge in [0.25, 0.3) is 5.91 Å². The van der Waals surface area contributed by atoms with E-state index in [1.807, 2.05) is 60.4 Å². The molecule has 2 heterocycles. The zero-order chi connectivity index (χ0) is 25.1. The minimum absolute atomic E-state index is 0.00976. The molecule has 0 radical (unpaired) electrons. The number of para-hydroxylation sites is 1. The van der Waals surface area contributed by atoms with E-state index in [9.17, 15) is 14.4 Å². The largest absolute Gasteiger partial charge is 0.341 e. The van der Waals surface area contributed by atoms with Crippen molar-refractivity contribution in [3.05, 3.63) is 54.1 Å². The van der Waals surface area contributed by atoms with Gasteiger partial charge in [0.2, 0.25) is 5.91 Å². The smallest absolute Gasteiger partial charge is 0.319 e. The monoisotopic (exact) mass is 506 g/mol. The molecule has 1 saturated carbocycles. The van der Waals surface area contributed by atoms with Crippen molar-refractivity contribution in [2.75, 3.05) is 35.6 Å². The van der Waals surface area contributed by atoms with E-state index in [1.165, 1.54) is 43.9 Å². The number of anilines is 2. The van der Waals surface area contributed by atoms with E-state index in [0.717, 1.165) is 35.7 Å². The van der Waals surface area contributed by atoms with Crippen LogP contribution in [0.4, 0.5) is 16.2 Å². The van der Waals surface area contributed by atoms with Gasteiger partial charge in [-0.1, -0.05) is 37.1 Å². The van der Waals surface area contributed by atoms with E-state index in [0.29, 0.717) is 11.4 Å². The van der Waals surface area contributed by atoms with Gasteiger partial charge in [-0.15, -0.1) is 11.8 Å². The summed E-state index contributed by atoms with van der Waals surface area (Å²) in [6.45, 7) is 3.49. The molecule has 0 aromatic heterocycles. The van der Waals surface area contributed by atoms with Crippen LogP contribution in [0.3, 0.4) is 0 Å². The minimum atomic E-state index is -0.748. The summed E-state index contributed by atoms with van der Waals surface area (Å²) in [6.07, 6.45) is 7.10. The standard InChI is InChI=1S/C28H34N4O3S/c1-20-8-6-9-21(16-20)29-27(35)30-22-18-36-24-11-3-2-10-23(24)32(26(22)34)17-25(33)31-15-7-14-28(19-31)12-4-5-13-28/h2-3,6,8-11,16,22H,4-5,7,12-15,17-19H2,1H3,(H2,29,30,35). The summed E-state index contributed by atoms with van der Waals surface area (Å²) in [5.41, 5.74) is 2.70. The van der Waals surface area contributed by atoms with Crippen molar-refractivity contribution in [3.63, 3.8) is 0 Å². The third-order valence-corrected chi connectivity index (χ3v) is 8.83. The van der Waals surface area contributed by atoms with Gasteiger partial charge in [-0.2, -0.15) is 0 Å². The van der Waals surface area contributed by atoms with Gasteiger partial charge in [0.05, 0.1) is 5.69 Å². The van der Waals surface area contributed by atoms with Crippen LogP contribution in [0.1, 0.15) is 44.1 Å². The van der Waals surface area contributed by atoms with Crippen LogP contribution in [-0.4, -0.2) is 54.2 Å². The molecule has 2 fully saturated rings. The summed E-state index contributed by atoms with van der Waals surface area (Å²) >= 11 is 1.52.